The zero-order valence-electron chi connectivity index (χ0n) is 11.1. The third kappa shape index (κ3) is 3.71. The number of halogens is 3. The smallest absolute Gasteiger partial charge is 0.258 e. The Morgan fingerprint density at radius 2 is 2.19 bits per heavy atom. The van der Waals surface area contributed by atoms with Crippen LogP contribution in [0.2, 0.25) is 5.02 Å². The molecule has 110 valence electrons. The van der Waals surface area contributed by atoms with Gasteiger partial charge in [0.15, 0.2) is 11.6 Å². The van der Waals surface area contributed by atoms with Crippen LogP contribution < -0.4 is 10.6 Å². The summed E-state index contributed by atoms with van der Waals surface area (Å²) in [6, 6.07) is 6.28. The average molecular weight is 373 g/mol. The van der Waals surface area contributed by atoms with Crippen molar-refractivity contribution in [3.05, 3.63) is 51.3 Å². The lowest BCUT2D eigenvalue weighted by molar-refractivity contribution is 0.102. The molecule has 1 aromatic heterocycles. The highest BCUT2D eigenvalue weighted by Crippen LogP contribution is 2.27. The molecule has 0 aliphatic heterocycles. The summed E-state index contributed by atoms with van der Waals surface area (Å²) in [4.78, 5) is 16.0. The van der Waals surface area contributed by atoms with Crippen LogP contribution in [0.25, 0.3) is 0 Å². The molecule has 1 amide bonds. The molecule has 7 heteroatoms. The third-order valence-electron chi connectivity index (χ3n) is 2.65. The molecule has 0 aliphatic rings. The highest BCUT2D eigenvalue weighted by Gasteiger charge is 2.16. The first-order chi connectivity index (χ1) is 10.0. The zero-order valence-corrected chi connectivity index (χ0v) is 13.4. The van der Waals surface area contributed by atoms with Crippen LogP contribution >= 0.6 is 27.5 Å². The Morgan fingerprint density at radius 1 is 1.43 bits per heavy atom. The number of hydrogen-bond acceptors (Lipinski definition) is 3. The van der Waals surface area contributed by atoms with Gasteiger partial charge in [-0.2, -0.15) is 0 Å². The van der Waals surface area contributed by atoms with E-state index in [1.54, 1.807) is 18.2 Å². The predicted octanol–water partition coefficient (Wildman–Crippen LogP) is 4.32. The largest absolute Gasteiger partial charge is 0.368 e. The van der Waals surface area contributed by atoms with Crippen molar-refractivity contribution >= 4 is 44.9 Å². The fraction of sp³-hybridized carbons (Fsp3) is 0.143. The third-order valence-corrected chi connectivity index (χ3v) is 3.58. The number of anilines is 2. The van der Waals surface area contributed by atoms with Gasteiger partial charge in [0.25, 0.3) is 5.91 Å². The standard InChI is InChI=1S/C14H12BrClFN3O/c1-2-18-13-12(17)9(5-6-19-13)14(21)20-11-7-8(16)3-4-10(11)15/h3-7H,2H2,1H3,(H,18,19)(H,20,21). The first-order valence-electron chi connectivity index (χ1n) is 6.17. The maximum atomic E-state index is 14.2. The summed E-state index contributed by atoms with van der Waals surface area (Å²) in [6.45, 7) is 2.33. The van der Waals surface area contributed by atoms with Crippen LogP contribution in [0.1, 0.15) is 17.3 Å². The number of hydrogen-bond donors (Lipinski definition) is 2. The number of rotatable bonds is 4. The summed E-state index contributed by atoms with van der Waals surface area (Å²) in [7, 11) is 0. The molecular weight excluding hydrogens is 361 g/mol. The van der Waals surface area contributed by atoms with Crippen LogP contribution in [0.3, 0.4) is 0 Å². The first-order valence-corrected chi connectivity index (χ1v) is 7.34. The van der Waals surface area contributed by atoms with Crippen LogP contribution in [0, 0.1) is 5.82 Å². The number of carbonyl (C=O) groups is 1. The second-order valence-corrected chi connectivity index (χ2v) is 5.42. The maximum Gasteiger partial charge on any atom is 0.258 e. The van der Waals surface area contributed by atoms with E-state index in [1.807, 2.05) is 6.92 Å². The summed E-state index contributed by atoms with van der Waals surface area (Å²) in [6.07, 6.45) is 1.38. The van der Waals surface area contributed by atoms with Gasteiger partial charge in [-0.25, -0.2) is 9.37 Å². The minimum absolute atomic E-state index is 0.0512. The monoisotopic (exact) mass is 371 g/mol. The number of benzene rings is 1. The van der Waals surface area contributed by atoms with Gasteiger partial charge in [0.1, 0.15) is 0 Å². The minimum atomic E-state index is -0.685. The summed E-state index contributed by atoms with van der Waals surface area (Å²) >= 11 is 9.18. The van der Waals surface area contributed by atoms with Gasteiger partial charge in [-0.1, -0.05) is 11.6 Å². The Bertz CT molecular complexity index is 681. The Labute approximate surface area is 134 Å². The van der Waals surface area contributed by atoms with Crippen molar-refractivity contribution in [2.45, 2.75) is 6.92 Å². The van der Waals surface area contributed by atoms with Gasteiger partial charge in [0, 0.05) is 22.2 Å². The molecule has 0 fully saturated rings. The number of pyridine rings is 1. The van der Waals surface area contributed by atoms with E-state index in [-0.39, 0.29) is 11.4 Å². The van der Waals surface area contributed by atoms with Crippen LogP contribution in [0.15, 0.2) is 34.9 Å². The summed E-state index contributed by atoms with van der Waals surface area (Å²) in [5.74, 6) is -1.21. The van der Waals surface area contributed by atoms with E-state index in [4.69, 9.17) is 11.6 Å². The number of aromatic nitrogens is 1. The van der Waals surface area contributed by atoms with E-state index in [0.29, 0.717) is 21.7 Å². The van der Waals surface area contributed by atoms with Crippen molar-refractivity contribution in [2.75, 3.05) is 17.2 Å². The van der Waals surface area contributed by atoms with Crippen molar-refractivity contribution in [1.82, 2.24) is 4.98 Å². The summed E-state index contributed by atoms with van der Waals surface area (Å²) in [5.41, 5.74) is 0.376. The molecule has 0 bridgehead atoms. The van der Waals surface area contributed by atoms with Crippen LogP contribution in [0.5, 0.6) is 0 Å². The Hall–Kier alpha value is -1.66. The molecule has 0 unspecified atom stereocenters. The van der Waals surface area contributed by atoms with Crippen molar-refractivity contribution in [1.29, 1.82) is 0 Å². The number of nitrogens with zero attached hydrogens (tertiary/aromatic N) is 1. The van der Waals surface area contributed by atoms with E-state index >= 15 is 0 Å². The highest BCUT2D eigenvalue weighted by atomic mass is 79.9. The molecule has 1 heterocycles. The SMILES string of the molecule is CCNc1nccc(C(=O)Nc2cc(Cl)ccc2Br)c1F. The van der Waals surface area contributed by atoms with Gasteiger partial charge >= 0.3 is 0 Å². The fourth-order valence-corrected chi connectivity index (χ4v) is 2.21. The maximum absolute atomic E-state index is 14.2. The molecule has 0 spiro atoms. The number of nitrogens with one attached hydrogen (secondary N) is 2. The molecule has 2 rings (SSSR count). The summed E-state index contributed by atoms with van der Waals surface area (Å²) < 4.78 is 14.8. The van der Waals surface area contributed by atoms with Crippen molar-refractivity contribution in [3.8, 4) is 0 Å². The minimum Gasteiger partial charge on any atom is -0.368 e. The van der Waals surface area contributed by atoms with Gasteiger partial charge in [0.2, 0.25) is 0 Å². The Kier molecular flexibility index (Phi) is 5.14. The molecule has 4 nitrogen and oxygen atoms in total. The molecule has 1 aromatic carbocycles. The fourth-order valence-electron chi connectivity index (χ4n) is 1.69. The molecular formula is C14H12BrClFN3O. The normalized spacial score (nSPS) is 10.3. The quantitative estimate of drug-likeness (QED) is 0.840. The van der Waals surface area contributed by atoms with Crippen molar-refractivity contribution < 1.29 is 9.18 Å². The molecule has 0 radical (unpaired) electrons. The predicted molar refractivity (Wildman–Crippen MR) is 85.5 cm³/mol. The molecule has 0 saturated heterocycles. The van der Waals surface area contributed by atoms with Crippen molar-refractivity contribution in [3.63, 3.8) is 0 Å². The van der Waals surface area contributed by atoms with E-state index < -0.39 is 11.7 Å². The highest BCUT2D eigenvalue weighted by molar-refractivity contribution is 9.10. The first kappa shape index (κ1) is 15.7. The van der Waals surface area contributed by atoms with E-state index in [9.17, 15) is 9.18 Å². The van der Waals surface area contributed by atoms with Gasteiger partial charge in [-0.15, -0.1) is 0 Å². The lowest BCUT2D eigenvalue weighted by atomic mass is 10.2. The van der Waals surface area contributed by atoms with Crippen LogP contribution in [-0.2, 0) is 0 Å². The Balaban J connectivity index is 2.28. The molecule has 2 aromatic rings. The molecule has 0 saturated carbocycles. The molecule has 0 atom stereocenters. The van der Waals surface area contributed by atoms with Crippen LogP contribution in [0.4, 0.5) is 15.9 Å². The number of amides is 1. The van der Waals surface area contributed by atoms with E-state index in [2.05, 4.69) is 31.5 Å². The molecule has 0 aliphatic carbocycles. The van der Waals surface area contributed by atoms with Gasteiger partial charge in [-0.3, -0.25) is 4.79 Å². The van der Waals surface area contributed by atoms with Crippen LogP contribution in [-0.4, -0.2) is 17.4 Å². The lowest BCUT2D eigenvalue weighted by Crippen LogP contribution is -2.16. The second kappa shape index (κ2) is 6.87. The molecule has 21 heavy (non-hydrogen) atoms. The Morgan fingerprint density at radius 3 is 2.90 bits per heavy atom. The number of carbonyl (C=O) groups excluding carboxylic acids is 1. The molecule has 2 N–H and O–H groups in total. The van der Waals surface area contributed by atoms with Gasteiger partial charge in [0.05, 0.1) is 11.3 Å². The van der Waals surface area contributed by atoms with Gasteiger partial charge < -0.3 is 10.6 Å². The van der Waals surface area contributed by atoms with E-state index in [1.165, 1.54) is 12.3 Å². The van der Waals surface area contributed by atoms with Crippen molar-refractivity contribution in [2.24, 2.45) is 0 Å². The van der Waals surface area contributed by atoms with E-state index in [0.717, 1.165) is 0 Å². The second-order valence-electron chi connectivity index (χ2n) is 4.13. The summed E-state index contributed by atoms with van der Waals surface area (Å²) in [5, 5.41) is 5.84. The zero-order chi connectivity index (χ0) is 15.4. The lowest BCUT2D eigenvalue weighted by Gasteiger charge is -2.10. The topological polar surface area (TPSA) is 54.0 Å². The average Bonchev–Trinajstić information content (AvgIpc) is 2.45. The van der Waals surface area contributed by atoms with Gasteiger partial charge in [-0.05, 0) is 47.1 Å².